The molecule has 2 nitrogen and oxygen atoms in total. The molecule has 0 bridgehead atoms. The Morgan fingerprint density at radius 2 is 0.743 bits per heavy atom. The molecule has 5 rings (SSSR count). The van der Waals surface area contributed by atoms with Gasteiger partial charge in [-0.05, 0) is 55.9 Å². The Morgan fingerprint density at radius 1 is 0.486 bits per heavy atom. The molecule has 0 heterocycles. The fourth-order valence-electron chi connectivity index (χ4n) is 3.06. The summed E-state index contributed by atoms with van der Waals surface area (Å²) in [6.45, 7) is 5.22. The molecule has 4 aromatic rings. The van der Waals surface area contributed by atoms with E-state index in [0.717, 1.165) is 5.56 Å². The van der Waals surface area contributed by atoms with Crippen LogP contribution < -0.4 is 15.9 Å². The molecule has 1 fully saturated rings. The number of hydrogen-bond acceptors (Lipinski definition) is 1. The van der Waals surface area contributed by atoms with Crippen LogP contribution in [-0.2, 0) is 20.4 Å². The molecular formula is C31H27NOPRe-2. The summed E-state index contributed by atoms with van der Waals surface area (Å²) in [5, 5.41) is 4.19. The standard InChI is InChI=1S/C18H15P.C8H7.C5H5.NO.Re/c1-4-10-16(11-5-1)19(17-12-6-2-7-13-17)18-14-8-3-9-15-18;1-2-8-6-4-3-5-7-8;1-2-4-5-3-1;1-2;/h1-15H;1-7H;1-5H;;/q;-1;;-1;. The van der Waals surface area contributed by atoms with Gasteiger partial charge in [0.1, 0.15) is 0 Å². The average molecular weight is 647 g/mol. The normalized spacial score (nSPS) is 11.2. The number of nitrogens with zero attached hydrogens (tertiary/aromatic N) is 1. The van der Waals surface area contributed by atoms with Crippen molar-refractivity contribution < 1.29 is 20.4 Å². The van der Waals surface area contributed by atoms with Crippen molar-refractivity contribution in [1.82, 2.24) is 0 Å². The molecule has 0 aromatic heterocycles. The Bertz CT molecular complexity index is 925. The van der Waals surface area contributed by atoms with Gasteiger partial charge in [0, 0.05) is 20.4 Å². The summed E-state index contributed by atoms with van der Waals surface area (Å²) in [6, 6.07) is 42.1. The van der Waals surface area contributed by atoms with Gasteiger partial charge in [-0.15, -0.1) is 12.1 Å². The molecule has 4 heteroatoms. The summed E-state index contributed by atoms with van der Waals surface area (Å²) in [7, 11) is -0.446. The molecule has 0 amide bonds. The quantitative estimate of drug-likeness (QED) is 0.175. The molecule has 4 aromatic carbocycles. The fourth-order valence-corrected chi connectivity index (χ4v) is 5.37. The van der Waals surface area contributed by atoms with Gasteiger partial charge < -0.3 is 10.5 Å². The largest absolute Gasteiger partial charge is 0.577 e. The van der Waals surface area contributed by atoms with E-state index in [1.165, 1.54) is 15.9 Å². The third-order valence-electron chi connectivity index (χ3n) is 4.59. The Balaban J connectivity index is 0.000000316. The minimum Gasteiger partial charge on any atom is -0.577 e. The monoisotopic (exact) mass is 647 g/mol. The van der Waals surface area contributed by atoms with Crippen LogP contribution in [0.4, 0.5) is 0 Å². The zero-order valence-corrected chi connectivity index (χ0v) is 22.9. The first-order valence-electron chi connectivity index (χ1n) is 10.8. The third kappa shape index (κ3) is 11.5. The molecule has 6 radical (unpaired) electrons. The molecule has 0 saturated heterocycles. The fraction of sp³-hybridized carbons (Fsp3) is 0. The van der Waals surface area contributed by atoms with E-state index in [0.29, 0.717) is 0 Å². The molecule has 1 saturated carbocycles. The van der Waals surface area contributed by atoms with E-state index in [1.807, 2.05) is 62.4 Å². The number of nitroso groups, excluding NO2 is 1. The Hall–Kier alpha value is -2.69. The predicted molar refractivity (Wildman–Crippen MR) is 149 cm³/mol. The maximum Gasteiger partial charge on any atom is 0 e. The second kappa shape index (κ2) is 19.6. The molecule has 35 heavy (non-hydrogen) atoms. The summed E-state index contributed by atoms with van der Waals surface area (Å²) < 4.78 is 0. The van der Waals surface area contributed by atoms with Crippen LogP contribution in [0.3, 0.4) is 0 Å². The van der Waals surface area contributed by atoms with Gasteiger partial charge in [0.2, 0.25) is 0 Å². The van der Waals surface area contributed by atoms with Crippen LogP contribution in [0.25, 0.3) is 11.7 Å². The van der Waals surface area contributed by atoms with E-state index in [9.17, 15) is 0 Å². The van der Waals surface area contributed by atoms with Gasteiger partial charge in [0.15, 0.2) is 0 Å². The molecule has 176 valence electrons. The van der Waals surface area contributed by atoms with Crippen molar-refractivity contribution in [2.75, 3.05) is 0 Å². The van der Waals surface area contributed by atoms with E-state index >= 15 is 0 Å². The topological polar surface area (TPSA) is 39.4 Å². The Kier molecular flexibility index (Phi) is 17.0. The van der Waals surface area contributed by atoms with Crippen molar-refractivity contribution in [1.29, 1.82) is 0 Å². The molecule has 1 aliphatic carbocycles. The van der Waals surface area contributed by atoms with Crippen molar-refractivity contribution in [2.45, 2.75) is 0 Å². The SMILES string of the molecule is [CH-]=Cc1ccccc1.[CH]1[CH][CH][CH][CH]1.[N-]=O.[Re].c1ccc(P(c2ccccc2)c2ccccc2)cc1. The summed E-state index contributed by atoms with van der Waals surface area (Å²) in [5.74, 6) is 0. The first kappa shape index (κ1) is 30.3. The van der Waals surface area contributed by atoms with E-state index in [2.05, 4.69) is 91.0 Å². The van der Waals surface area contributed by atoms with Crippen molar-refractivity contribution in [3.8, 4) is 0 Å². The molecule has 0 aliphatic heterocycles. The van der Waals surface area contributed by atoms with Gasteiger partial charge in [0.25, 0.3) is 0 Å². The van der Waals surface area contributed by atoms with Crippen LogP contribution in [0.1, 0.15) is 5.56 Å². The number of benzene rings is 4. The summed E-state index contributed by atoms with van der Waals surface area (Å²) in [6.07, 6.45) is 11.6. The van der Waals surface area contributed by atoms with Gasteiger partial charge in [-0.25, -0.2) is 6.08 Å². The Labute approximate surface area is 225 Å². The molecule has 0 N–H and O–H groups in total. The van der Waals surface area contributed by atoms with Crippen LogP contribution in [0.2, 0.25) is 0 Å². The van der Waals surface area contributed by atoms with Gasteiger partial charge >= 0.3 is 0 Å². The summed E-state index contributed by atoms with van der Waals surface area (Å²) in [4.78, 5) is 7.25. The molecule has 0 spiro atoms. The predicted octanol–water partition coefficient (Wildman–Crippen LogP) is 6.92. The first-order valence-corrected chi connectivity index (χ1v) is 12.1. The zero-order valence-electron chi connectivity index (χ0n) is 19.3. The second-order valence-electron chi connectivity index (χ2n) is 6.88. The Morgan fingerprint density at radius 3 is 0.971 bits per heavy atom. The maximum atomic E-state index is 7.25. The van der Waals surface area contributed by atoms with E-state index in [1.54, 1.807) is 6.08 Å². The van der Waals surface area contributed by atoms with Crippen LogP contribution >= 0.6 is 7.92 Å². The second-order valence-corrected chi connectivity index (χ2v) is 9.10. The van der Waals surface area contributed by atoms with Crippen molar-refractivity contribution in [3.05, 3.63) is 176 Å². The van der Waals surface area contributed by atoms with Crippen LogP contribution in [0, 0.1) is 43.6 Å². The molecular weight excluding hydrogens is 620 g/mol. The van der Waals surface area contributed by atoms with Crippen molar-refractivity contribution in [3.63, 3.8) is 0 Å². The minimum atomic E-state index is -0.446. The smallest absolute Gasteiger partial charge is 0 e. The number of hydrogen-bond donors (Lipinski definition) is 0. The van der Waals surface area contributed by atoms with Crippen molar-refractivity contribution in [2.24, 2.45) is 0 Å². The van der Waals surface area contributed by atoms with Crippen LogP contribution in [-0.4, -0.2) is 0 Å². The van der Waals surface area contributed by atoms with E-state index in [4.69, 9.17) is 17.1 Å². The molecule has 0 atom stereocenters. The third-order valence-corrected chi connectivity index (χ3v) is 7.03. The van der Waals surface area contributed by atoms with E-state index < -0.39 is 7.92 Å². The maximum absolute atomic E-state index is 7.25. The van der Waals surface area contributed by atoms with Crippen LogP contribution in [0.15, 0.2) is 121 Å². The minimum absolute atomic E-state index is 0. The van der Waals surface area contributed by atoms with Gasteiger partial charge in [0.05, 0.1) is 0 Å². The van der Waals surface area contributed by atoms with Gasteiger partial charge in [-0.3, -0.25) is 6.58 Å². The molecule has 1 aliphatic rings. The van der Waals surface area contributed by atoms with Gasteiger partial charge in [-0.1, -0.05) is 109 Å². The zero-order chi connectivity index (χ0) is 24.3. The van der Waals surface area contributed by atoms with Crippen LogP contribution in [0.5, 0.6) is 0 Å². The molecule has 0 unspecified atom stereocenters. The summed E-state index contributed by atoms with van der Waals surface area (Å²) >= 11 is 0. The van der Waals surface area contributed by atoms with Gasteiger partial charge in [-0.2, -0.15) is 5.56 Å². The average Bonchev–Trinajstić information content (AvgIpc) is 3.53. The van der Waals surface area contributed by atoms with E-state index in [-0.39, 0.29) is 20.4 Å². The summed E-state index contributed by atoms with van der Waals surface area (Å²) in [5.41, 5.74) is 6.81. The van der Waals surface area contributed by atoms with Crippen molar-refractivity contribution >= 4 is 29.9 Å². The first-order chi connectivity index (χ1) is 16.9. The number of rotatable bonds is 4.